The van der Waals surface area contributed by atoms with Crippen molar-refractivity contribution in [1.82, 2.24) is 8.87 Å². The molecule has 0 atom stereocenters. The molecular formula is C20H20ClN3O4S. The summed E-state index contributed by atoms with van der Waals surface area (Å²) in [4.78, 5) is 12.8. The van der Waals surface area contributed by atoms with Crippen LogP contribution < -0.4 is 10.1 Å². The molecule has 0 aliphatic heterocycles. The normalized spacial score (nSPS) is 11.5. The van der Waals surface area contributed by atoms with E-state index in [2.05, 4.69) is 5.32 Å². The predicted molar refractivity (Wildman–Crippen MR) is 113 cm³/mol. The van der Waals surface area contributed by atoms with Gasteiger partial charge in [-0.05, 0) is 48.5 Å². The predicted octanol–water partition coefficient (Wildman–Crippen LogP) is 3.64. The van der Waals surface area contributed by atoms with Gasteiger partial charge in [-0.3, -0.25) is 4.79 Å². The molecule has 1 heterocycles. The molecule has 152 valence electrons. The summed E-state index contributed by atoms with van der Waals surface area (Å²) in [5.41, 5.74) is 1.40. The second kappa shape index (κ2) is 8.28. The number of ether oxygens (including phenoxy) is 1. The second-order valence-corrected chi connectivity index (χ2v) is 8.92. The van der Waals surface area contributed by atoms with Crippen LogP contribution in [0.25, 0.3) is 5.69 Å². The van der Waals surface area contributed by atoms with E-state index in [4.69, 9.17) is 16.3 Å². The molecule has 0 aliphatic rings. The van der Waals surface area contributed by atoms with Crippen LogP contribution in [0.1, 0.15) is 10.4 Å². The maximum Gasteiger partial charge on any atom is 0.255 e. The van der Waals surface area contributed by atoms with Crippen molar-refractivity contribution < 1.29 is 17.9 Å². The van der Waals surface area contributed by atoms with Crippen LogP contribution in [0.5, 0.6) is 5.75 Å². The number of halogens is 1. The van der Waals surface area contributed by atoms with Crippen molar-refractivity contribution in [2.45, 2.75) is 4.90 Å². The van der Waals surface area contributed by atoms with Gasteiger partial charge in [0, 0.05) is 37.1 Å². The molecule has 0 spiro atoms. The summed E-state index contributed by atoms with van der Waals surface area (Å²) < 4.78 is 33.2. The number of carbonyl (C=O) groups excluding carboxylic acids is 1. The maximum atomic E-state index is 12.9. The van der Waals surface area contributed by atoms with Crippen molar-refractivity contribution in [3.8, 4) is 11.4 Å². The molecular weight excluding hydrogens is 414 g/mol. The molecule has 1 aromatic heterocycles. The van der Waals surface area contributed by atoms with Crippen molar-refractivity contribution in [3.05, 3.63) is 71.5 Å². The number of methoxy groups -OCH3 is 1. The minimum atomic E-state index is -3.79. The minimum absolute atomic E-state index is 0.0839. The lowest BCUT2D eigenvalue weighted by atomic mass is 10.2. The van der Waals surface area contributed by atoms with E-state index in [1.165, 1.54) is 39.4 Å². The zero-order valence-electron chi connectivity index (χ0n) is 16.1. The van der Waals surface area contributed by atoms with Crippen LogP contribution in [0.15, 0.2) is 65.8 Å². The third kappa shape index (κ3) is 4.29. The summed E-state index contributed by atoms with van der Waals surface area (Å²) in [5, 5.41) is 3.34. The first-order chi connectivity index (χ1) is 13.7. The number of sulfonamides is 1. The van der Waals surface area contributed by atoms with Crippen molar-refractivity contribution in [2.24, 2.45) is 0 Å². The van der Waals surface area contributed by atoms with E-state index in [9.17, 15) is 13.2 Å². The van der Waals surface area contributed by atoms with E-state index in [1.807, 2.05) is 29.1 Å². The first-order valence-corrected chi connectivity index (χ1v) is 10.4. The van der Waals surface area contributed by atoms with Crippen molar-refractivity contribution in [1.29, 1.82) is 0 Å². The molecule has 0 radical (unpaired) electrons. The molecule has 2 aromatic carbocycles. The molecule has 1 N–H and O–H groups in total. The standard InChI is InChI=1S/C20H20ClN3O4S/c1-23(2)29(26,27)19-12-14(6-9-18(19)28-3)20(25)22-16-8-7-15(21)13-17(16)24-10-4-5-11-24/h4-13H,1-3H3,(H,22,25). The monoisotopic (exact) mass is 433 g/mol. The minimum Gasteiger partial charge on any atom is -0.495 e. The molecule has 3 aromatic rings. The molecule has 1 amide bonds. The number of amides is 1. The quantitative estimate of drug-likeness (QED) is 0.643. The number of nitrogens with zero attached hydrogens (tertiary/aromatic N) is 2. The summed E-state index contributed by atoms with van der Waals surface area (Å²) in [6, 6.07) is 13.1. The largest absolute Gasteiger partial charge is 0.495 e. The summed E-state index contributed by atoms with van der Waals surface area (Å²) in [5.74, 6) is -0.298. The van der Waals surface area contributed by atoms with E-state index in [-0.39, 0.29) is 16.2 Å². The van der Waals surface area contributed by atoms with Crippen LogP contribution in [0.4, 0.5) is 5.69 Å². The van der Waals surface area contributed by atoms with E-state index in [1.54, 1.807) is 18.2 Å². The highest BCUT2D eigenvalue weighted by atomic mass is 35.5. The van der Waals surface area contributed by atoms with Gasteiger partial charge in [0.25, 0.3) is 5.91 Å². The van der Waals surface area contributed by atoms with E-state index in [0.717, 1.165) is 4.31 Å². The van der Waals surface area contributed by atoms with Gasteiger partial charge in [0.05, 0.1) is 18.5 Å². The first-order valence-electron chi connectivity index (χ1n) is 8.59. The Kier molecular flexibility index (Phi) is 5.97. The van der Waals surface area contributed by atoms with Gasteiger partial charge in [-0.25, -0.2) is 12.7 Å². The summed E-state index contributed by atoms with van der Waals surface area (Å²) in [6.45, 7) is 0. The van der Waals surface area contributed by atoms with E-state index < -0.39 is 15.9 Å². The van der Waals surface area contributed by atoms with Gasteiger partial charge >= 0.3 is 0 Å². The molecule has 0 unspecified atom stereocenters. The summed E-state index contributed by atoms with van der Waals surface area (Å²) in [6.07, 6.45) is 3.66. The van der Waals surface area contributed by atoms with E-state index >= 15 is 0 Å². The smallest absolute Gasteiger partial charge is 0.255 e. The molecule has 0 aliphatic carbocycles. The van der Waals surface area contributed by atoms with Crippen LogP contribution in [-0.4, -0.2) is 44.4 Å². The number of hydrogen-bond donors (Lipinski definition) is 1. The Hall–Kier alpha value is -2.81. The lowest BCUT2D eigenvalue weighted by Gasteiger charge is -2.16. The molecule has 0 saturated heterocycles. The van der Waals surface area contributed by atoms with Crippen LogP contribution >= 0.6 is 11.6 Å². The van der Waals surface area contributed by atoms with Gasteiger partial charge in [-0.2, -0.15) is 0 Å². The molecule has 9 heteroatoms. The molecule has 7 nitrogen and oxygen atoms in total. The maximum absolute atomic E-state index is 12.9. The fraction of sp³-hybridized carbons (Fsp3) is 0.150. The molecule has 29 heavy (non-hydrogen) atoms. The van der Waals surface area contributed by atoms with Crippen LogP contribution in [-0.2, 0) is 10.0 Å². The van der Waals surface area contributed by atoms with Gasteiger partial charge in [0.2, 0.25) is 10.0 Å². The fourth-order valence-corrected chi connectivity index (χ4v) is 3.97. The average Bonchev–Trinajstić information content (AvgIpc) is 3.23. The molecule has 0 fully saturated rings. The topological polar surface area (TPSA) is 80.6 Å². The Labute approximate surface area is 174 Å². The van der Waals surface area contributed by atoms with Gasteiger partial charge < -0.3 is 14.6 Å². The Bertz CT molecular complexity index is 1140. The second-order valence-electron chi connectivity index (χ2n) is 6.36. The van der Waals surface area contributed by atoms with Crippen LogP contribution in [0.3, 0.4) is 0 Å². The van der Waals surface area contributed by atoms with Gasteiger partial charge in [0.15, 0.2) is 0 Å². The highest BCUT2D eigenvalue weighted by Crippen LogP contribution is 2.29. The van der Waals surface area contributed by atoms with Gasteiger partial charge in [-0.1, -0.05) is 11.6 Å². The first kappa shape index (κ1) is 20.9. The number of hydrogen-bond acceptors (Lipinski definition) is 4. The number of aromatic nitrogens is 1. The van der Waals surface area contributed by atoms with Gasteiger partial charge in [0.1, 0.15) is 10.6 Å². The number of anilines is 1. The number of carbonyl (C=O) groups is 1. The summed E-state index contributed by atoms with van der Waals surface area (Å²) >= 11 is 6.11. The van der Waals surface area contributed by atoms with Crippen molar-refractivity contribution >= 4 is 33.2 Å². The lowest BCUT2D eigenvalue weighted by Crippen LogP contribution is -2.23. The van der Waals surface area contributed by atoms with Crippen molar-refractivity contribution in [3.63, 3.8) is 0 Å². The SMILES string of the molecule is COc1ccc(C(=O)Nc2ccc(Cl)cc2-n2cccc2)cc1S(=O)(=O)N(C)C. The number of benzene rings is 2. The third-order valence-corrected chi connectivity index (χ3v) is 6.35. The molecule has 0 bridgehead atoms. The Morgan fingerprint density at radius 3 is 2.41 bits per heavy atom. The fourth-order valence-electron chi connectivity index (χ4n) is 2.73. The average molecular weight is 434 g/mol. The Balaban J connectivity index is 1.99. The lowest BCUT2D eigenvalue weighted by molar-refractivity contribution is 0.102. The van der Waals surface area contributed by atoms with Crippen LogP contribution in [0, 0.1) is 0 Å². The highest BCUT2D eigenvalue weighted by Gasteiger charge is 2.24. The summed E-state index contributed by atoms with van der Waals surface area (Å²) in [7, 11) is 0.415. The number of rotatable bonds is 6. The zero-order valence-corrected chi connectivity index (χ0v) is 17.7. The molecule has 3 rings (SSSR count). The van der Waals surface area contributed by atoms with Crippen LogP contribution in [0.2, 0.25) is 5.02 Å². The Morgan fingerprint density at radius 2 is 1.79 bits per heavy atom. The number of nitrogens with one attached hydrogen (secondary N) is 1. The molecule has 0 saturated carbocycles. The Morgan fingerprint density at radius 1 is 1.10 bits per heavy atom. The van der Waals surface area contributed by atoms with E-state index in [0.29, 0.717) is 16.4 Å². The zero-order chi connectivity index (χ0) is 21.2. The van der Waals surface area contributed by atoms with Gasteiger partial charge in [-0.15, -0.1) is 0 Å². The highest BCUT2D eigenvalue weighted by molar-refractivity contribution is 7.89. The third-order valence-electron chi connectivity index (χ3n) is 4.28. The van der Waals surface area contributed by atoms with Crippen molar-refractivity contribution in [2.75, 3.05) is 26.5 Å².